The van der Waals surface area contributed by atoms with Crippen LogP contribution in [0.1, 0.15) is 52.5 Å². The Balaban J connectivity index is 2.27. The molecule has 0 radical (unpaired) electrons. The van der Waals surface area contributed by atoms with Crippen LogP contribution in [-0.2, 0) is 18.8 Å². The van der Waals surface area contributed by atoms with Crippen LogP contribution in [0.2, 0.25) is 0 Å². The Hall–Kier alpha value is -3.37. The van der Waals surface area contributed by atoms with Crippen LogP contribution in [-0.4, -0.2) is 47.7 Å². The molecule has 2 aromatic heterocycles. The van der Waals surface area contributed by atoms with E-state index in [0.29, 0.717) is 0 Å². The van der Waals surface area contributed by atoms with Gasteiger partial charge in [-0.15, -0.1) is 0 Å². The van der Waals surface area contributed by atoms with Crippen molar-refractivity contribution in [3.05, 3.63) is 23.5 Å². The van der Waals surface area contributed by atoms with Crippen LogP contribution in [0, 0.1) is 0 Å². The van der Waals surface area contributed by atoms with Gasteiger partial charge in [-0.25, -0.2) is 19.6 Å². The normalized spacial score (nSPS) is 11.3. The van der Waals surface area contributed by atoms with E-state index in [1.807, 2.05) is 0 Å². The SMILES string of the molecule is Cn1cc(NC(=O)c2nc(C(=O)OC(C)(C)C)c(N)n2C)nc1C(=O)O. The third kappa shape index (κ3) is 3.82. The molecule has 0 aliphatic rings. The molecule has 0 atom stereocenters. The molecule has 140 valence electrons. The van der Waals surface area contributed by atoms with Gasteiger partial charge in [0.2, 0.25) is 11.6 Å². The minimum atomic E-state index is -1.23. The summed E-state index contributed by atoms with van der Waals surface area (Å²) >= 11 is 0. The molecule has 1 amide bonds. The van der Waals surface area contributed by atoms with Crippen molar-refractivity contribution >= 4 is 29.5 Å². The molecule has 2 aromatic rings. The first kappa shape index (κ1) is 19.0. The predicted octanol–water partition coefficient (Wildman–Crippen LogP) is 0.642. The van der Waals surface area contributed by atoms with E-state index < -0.39 is 23.4 Å². The number of nitrogens with zero attached hydrogens (tertiary/aromatic N) is 4. The average Bonchev–Trinajstić information content (AvgIpc) is 2.99. The van der Waals surface area contributed by atoms with Crippen molar-refractivity contribution in [3.63, 3.8) is 0 Å². The molecular weight excluding hydrogens is 344 g/mol. The standard InChI is InChI=1S/C15H20N6O5/c1-15(2,3)26-14(25)8-9(16)21(5)10(19-8)12(22)18-7-6-20(4)11(17-7)13(23)24/h6H,16H2,1-5H3,(H,18,22)(H,23,24). The molecule has 2 rings (SSSR count). The number of aromatic nitrogens is 4. The highest BCUT2D eigenvalue weighted by molar-refractivity contribution is 6.04. The first-order valence-electron chi connectivity index (χ1n) is 7.54. The summed E-state index contributed by atoms with van der Waals surface area (Å²) in [6, 6.07) is 0. The molecule has 0 spiro atoms. The third-order valence-electron chi connectivity index (χ3n) is 3.24. The lowest BCUT2D eigenvalue weighted by molar-refractivity contribution is 0.00644. The Morgan fingerprint density at radius 2 is 1.81 bits per heavy atom. The number of nitrogens with two attached hydrogens (primary N) is 1. The number of carboxylic acids is 1. The molecule has 11 nitrogen and oxygen atoms in total. The summed E-state index contributed by atoms with van der Waals surface area (Å²) in [7, 11) is 2.94. The van der Waals surface area contributed by atoms with Crippen LogP contribution in [0.4, 0.5) is 11.6 Å². The van der Waals surface area contributed by atoms with E-state index in [0.717, 1.165) is 0 Å². The zero-order valence-corrected chi connectivity index (χ0v) is 15.0. The smallest absolute Gasteiger partial charge is 0.372 e. The third-order valence-corrected chi connectivity index (χ3v) is 3.24. The molecule has 0 fully saturated rings. The van der Waals surface area contributed by atoms with Crippen molar-refractivity contribution in [3.8, 4) is 0 Å². The summed E-state index contributed by atoms with van der Waals surface area (Å²) in [5.74, 6) is -3.09. The number of nitrogens with one attached hydrogen (secondary N) is 1. The number of esters is 1. The van der Waals surface area contributed by atoms with Gasteiger partial charge in [0.25, 0.3) is 5.91 Å². The molecule has 0 aliphatic carbocycles. The van der Waals surface area contributed by atoms with Gasteiger partial charge in [-0.1, -0.05) is 0 Å². The van der Waals surface area contributed by atoms with Gasteiger partial charge in [0, 0.05) is 20.3 Å². The van der Waals surface area contributed by atoms with E-state index in [1.165, 1.54) is 29.4 Å². The molecule has 11 heteroatoms. The van der Waals surface area contributed by atoms with Crippen molar-refractivity contribution in [2.45, 2.75) is 26.4 Å². The fraction of sp³-hybridized carbons (Fsp3) is 0.400. The highest BCUT2D eigenvalue weighted by Crippen LogP contribution is 2.18. The molecule has 26 heavy (non-hydrogen) atoms. The average molecular weight is 364 g/mol. The Labute approximate surface area is 148 Å². The number of aryl methyl sites for hydroxylation is 1. The van der Waals surface area contributed by atoms with Gasteiger partial charge in [0.05, 0.1) is 0 Å². The van der Waals surface area contributed by atoms with Crippen molar-refractivity contribution in [2.24, 2.45) is 14.1 Å². The Bertz CT molecular complexity index is 889. The number of ether oxygens (including phenoxy) is 1. The van der Waals surface area contributed by atoms with Crippen molar-refractivity contribution in [1.29, 1.82) is 0 Å². The lowest BCUT2D eigenvalue weighted by Gasteiger charge is -2.18. The Morgan fingerprint density at radius 1 is 1.19 bits per heavy atom. The zero-order valence-electron chi connectivity index (χ0n) is 15.0. The number of rotatable bonds is 4. The molecule has 0 saturated carbocycles. The van der Waals surface area contributed by atoms with Crippen LogP contribution in [0.25, 0.3) is 0 Å². The van der Waals surface area contributed by atoms with Gasteiger partial charge in [0.15, 0.2) is 11.5 Å². The lowest BCUT2D eigenvalue weighted by atomic mass is 10.2. The van der Waals surface area contributed by atoms with Crippen molar-refractivity contribution in [1.82, 2.24) is 19.1 Å². The molecule has 0 unspecified atom stereocenters. The van der Waals surface area contributed by atoms with Crippen LogP contribution in [0.15, 0.2) is 6.20 Å². The topological polar surface area (TPSA) is 154 Å². The monoisotopic (exact) mass is 364 g/mol. The predicted molar refractivity (Wildman–Crippen MR) is 90.9 cm³/mol. The second-order valence-corrected chi connectivity index (χ2v) is 6.55. The summed E-state index contributed by atoms with van der Waals surface area (Å²) in [6.45, 7) is 5.08. The van der Waals surface area contributed by atoms with E-state index >= 15 is 0 Å². The van der Waals surface area contributed by atoms with E-state index in [2.05, 4.69) is 15.3 Å². The van der Waals surface area contributed by atoms with Crippen LogP contribution in [0.5, 0.6) is 0 Å². The summed E-state index contributed by atoms with van der Waals surface area (Å²) in [5.41, 5.74) is 4.92. The number of anilines is 2. The summed E-state index contributed by atoms with van der Waals surface area (Å²) < 4.78 is 7.69. The van der Waals surface area contributed by atoms with Gasteiger partial charge < -0.3 is 30.0 Å². The van der Waals surface area contributed by atoms with Gasteiger partial charge in [0.1, 0.15) is 11.4 Å². The number of imidazole rings is 2. The number of hydrogen-bond donors (Lipinski definition) is 3. The molecule has 2 heterocycles. The Morgan fingerprint density at radius 3 is 2.31 bits per heavy atom. The summed E-state index contributed by atoms with van der Waals surface area (Å²) in [6.07, 6.45) is 1.34. The quantitative estimate of drug-likeness (QED) is 0.668. The first-order valence-corrected chi connectivity index (χ1v) is 7.54. The summed E-state index contributed by atoms with van der Waals surface area (Å²) in [4.78, 5) is 43.3. The van der Waals surface area contributed by atoms with Crippen molar-refractivity contribution < 1.29 is 24.2 Å². The van der Waals surface area contributed by atoms with Crippen molar-refractivity contribution in [2.75, 3.05) is 11.1 Å². The van der Waals surface area contributed by atoms with Gasteiger partial charge in [-0.3, -0.25) is 4.79 Å². The fourth-order valence-corrected chi connectivity index (χ4v) is 2.09. The van der Waals surface area contributed by atoms with E-state index in [-0.39, 0.29) is 29.0 Å². The highest BCUT2D eigenvalue weighted by Gasteiger charge is 2.27. The van der Waals surface area contributed by atoms with Crippen LogP contribution in [0.3, 0.4) is 0 Å². The van der Waals surface area contributed by atoms with E-state index in [1.54, 1.807) is 20.8 Å². The maximum atomic E-state index is 12.4. The maximum Gasteiger partial charge on any atom is 0.372 e. The second-order valence-electron chi connectivity index (χ2n) is 6.55. The minimum Gasteiger partial charge on any atom is -0.475 e. The number of amides is 1. The number of carbonyl (C=O) groups is 3. The Kier molecular flexibility index (Phi) is 4.74. The van der Waals surface area contributed by atoms with Gasteiger partial charge in [-0.2, -0.15) is 0 Å². The number of aromatic carboxylic acids is 1. The minimum absolute atomic E-state index is 0.0234. The molecule has 0 bridgehead atoms. The van der Waals surface area contributed by atoms with Crippen LogP contribution < -0.4 is 11.1 Å². The summed E-state index contributed by atoms with van der Waals surface area (Å²) in [5, 5.41) is 11.4. The largest absolute Gasteiger partial charge is 0.475 e. The number of carboxylic acid groups (broad SMARTS) is 1. The number of nitrogen functional groups attached to an aromatic ring is 1. The lowest BCUT2D eigenvalue weighted by Crippen LogP contribution is -2.24. The first-order chi connectivity index (χ1) is 11.9. The molecular formula is C15H20N6O5. The molecule has 0 saturated heterocycles. The maximum absolute atomic E-state index is 12.4. The molecule has 4 N–H and O–H groups in total. The number of carbonyl (C=O) groups excluding carboxylic acids is 2. The second kappa shape index (κ2) is 6.50. The number of hydrogen-bond acceptors (Lipinski definition) is 7. The highest BCUT2D eigenvalue weighted by atomic mass is 16.6. The zero-order chi connectivity index (χ0) is 19.8. The van der Waals surface area contributed by atoms with E-state index in [4.69, 9.17) is 15.6 Å². The van der Waals surface area contributed by atoms with Gasteiger partial charge >= 0.3 is 11.9 Å². The van der Waals surface area contributed by atoms with Gasteiger partial charge in [-0.05, 0) is 20.8 Å². The fourth-order valence-electron chi connectivity index (χ4n) is 2.09. The molecule has 0 aliphatic heterocycles. The van der Waals surface area contributed by atoms with Crippen LogP contribution >= 0.6 is 0 Å². The van der Waals surface area contributed by atoms with E-state index in [9.17, 15) is 14.4 Å². The molecule has 0 aromatic carbocycles.